The van der Waals surface area contributed by atoms with Crippen LogP contribution >= 0.6 is 0 Å². The molecule has 1 aliphatic carbocycles. The molecule has 7 heteroatoms. The number of ether oxygens (including phenoxy) is 1. The summed E-state index contributed by atoms with van der Waals surface area (Å²) in [5.41, 5.74) is 1.99. The second kappa shape index (κ2) is 9.80. The molecule has 0 spiro atoms. The number of nitrogens with one attached hydrogen (secondary N) is 1. The Morgan fingerprint density at radius 1 is 1.08 bits per heavy atom. The van der Waals surface area contributed by atoms with Crippen molar-refractivity contribution in [2.24, 2.45) is 0 Å². The van der Waals surface area contributed by atoms with Gasteiger partial charge in [0.1, 0.15) is 17.0 Å². The molecule has 0 radical (unpaired) electrons. The molecule has 5 rings (SSSR count). The highest BCUT2D eigenvalue weighted by molar-refractivity contribution is 6.00. The molecule has 2 heterocycles. The van der Waals surface area contributed by atoms with E-state index in [0.29, 0.717) is 17.9 Å². The van der Waals surface area contributed by atoms with E-state index in [1.807, 2.05) is 74.5 Å². The van der Waals surface area contributed by atoms with Gasteiger partial charge in [-0.15, -0.1) is 0 Å². The summed E-state index contributed by atoms with van der Waals surface area (Å²) in [6.07, 6.45) is 5.43. The second-order valence-electron chi connectivity index (χ2n) is 10.1. The van der Waals surface area contributed by atoms with Crippen LogP contribution in [0, 0.1) is 0 Å². The van der Waals surface area contributed by atoms with Crippen LogP contribution in [0.2, 0.25) is 0 Å². The molecule has 0 saturated heterocycles. The Balaban J connectivity index is 1.53. The molecule has 2 aliphatic rings. The lowest BCUT2D eigenvalue weighted by atomic mass is 9.89. The molecule has 1 N–H and O–H groups in total. The van der Waals surface area contributed by atoms with Crippen molar-refractivity contribution in [1.82, 2.24) is 20.0 Å². The summed E-state index contributed by atoms with van der Waals surface area (Å²) in [5.74, 6) is 0.456. The smallest absolute Gasteiger partial charge is 0.273 e. The molecule has 0 bridgehead atoms. The molecule has 2 atom stereocenters. The number of hydrogen-bond donors (Lipinski definition) is 1. The van der Waals surface area contributed by atoms with E-state index in [-0.39, 0.29) is 23.9 Å². The number of aromatic nitrogens is 2. The summed E-state index contributed by atoms with van der Waals surface area (Å²) in [6, 6.07) is 19.2. The van der Waals surface area contributed by atoms with Crippen LogP contribution in [0.25, 0.3) is 11.3 Å². The number of hydrogen-bond acceptors (Lipinski definition) is 4. The first kappa shape index (κ1) is 24.1. The monoisotopic (exact) mass is 486 g/mol. The van der Waals surface area contributed by atoms with E-state index in [9.17, 15) is 9.59 Å². The van der Waals surface area contributed by atoms with Gasteiger partial charge in [0, 0.05) is 11.6 Å². The van der Waals surface area contributed by atoms with Gasteiger partial charge >= 0.3 is 0 Å². The topological polar surface area (TPSA) is 76.5 Å². The van der Waals surface area contributed by atoms with Crippen molar-refractivity contribution >= 4 is 11.8 Å². The van der Waals surface area contributed by atoms with Gasteiger partial charge in [-0.05, 0) is 62.6 Å². The fourth-order valence-electron chi connectivity index (χ4n) is 5.58. The van der Waals surface area contributed by atoms with E-state index in [0.717, 1.165) is 42.6 Å². The van der Waals surface area contributed by atoms with Crippen LogP contribution in [-0.2, 0) is 11.3 Å². The number of amides is 2. The maximum absolute atomic E-state index is 14.1. The van der Waals surface area contributed by atoms with Gasteiger partial charge in [-0.1, -0.05) is 49.6 Å². The summed E-state index contributed by atoms with van der Waals surface area (Å²) >= 11 is 0. The minimum Gasteiger partial charge on any atom is -0.497 e. The second-order valence-corrected chi connectivity index (χ2v) is 10.1. The molecular weight excluding hydrogens is 452 g/mol. The Morgan fingerprint density at radius 3 is 2.44 bits per heavy atom. The molecule has 36 heavy (non-hydrogen) atoms. The van der Waals surface area contributed by atoms with Crippen molar-refractivity contribution in [3.05, 3.63) is 71.9 Å². The van der Waals surface area contributed by atoms with Crippen LogP contribution in [0.15, 0.2) is 60.7 Å². The van der Waals surface area contributed by atoms with Gasteiger partial charge < -0.3 is 15.0 Å². The molecule has 2 aromatic carbocycles. The highest BCUT2D eigenvalue weighted by Gasteiger charge is 2.50. The van der Waals surface area contributed by atoms with Crippen molar-refractivity contribution in [2.75, 3.05) is 7.11 Å². The Labute approximate surface area is 212 Å². The quantitative estimate of drug-likeness (QED) is 0.533. The van der Waals surface area contributed by atoms with E-state index in [4.69, 9.17) is 9.84 Å². The largest absolute Gasteiger partial charge is 0.497 e. The summed E-state index contributed by atoms with van der Waals surface area (Å²) in [4.78, 5) is 29.7. The highest BCUT2D eigenvalue weighted by Crippen LogP contribution is 2.37. The van der Waals surface area contributed by atoms with Crippen molar-refractivity contribution in [1.29, 1.82) is 0 Å². The van der Waals surface area contributed by atoms with Gasteiger partial charge in [-0.25, -0.2) is 0 Å². The Bertz CT molecular complexity index is 1230. The first-order chi connectivity index (χ1) is 17.4. The summed E-state index contributed by atoms with van der Waals surface area (Å²) in [5, 5.41) is 8.05. The van der Waals surface area contributed by atoms with Crippen molar-refractivity contribution in [3.63, 3.8) is 0 Å². The molecule has 7 nitrogen and oxygen atoms in total. The third-order valence-corrected chi connectivity index (χ3v) is 7.69. The normalized spacial score (nSPS) is 21.1. The maximum atomic E-state index is 14.1. The molecule has 3 aromatic rings. The Kier molecular flexibility index (Phi) is 6.56. The summed E-state index contributed by atoms with van der Waals surface area (Å²) in [7, 11) is 1.63. The zero-order valence-corrected chi connectivity index (χ0v) is 21.2. The first-order valence-corrected chi connectivity index (χ1v) is 12.8. The van der Waals surface area contributed by atoms with Gasteiger partial charge in [0.25, 0.3) is 5.91 Å². The summed E-state index contributed by atoms with van der Waals surface area (Å²) < 4.78 is 6.98. The van der Waals surface area contributed by atoms with Gasteiger partial charge in [-0.3, -0.25) is 14.3 Å². The number of fused-ring (bicyclic) bond motifs is 1. The molecule has 2 amide bonds. The van der Waals surface area contributed by atoms with Crippen LogP contribution < -0.4 is 10.1 Å². The van der Waals surface area contributed by atoms with Crippen molar-refractivity contribution in [3.8, 4) is 17.0 Å². The predicted octanol–water partition coefficient (Wildman–Crippen LogP) is 4.98. The number of carbonyl (C=O) groups is 2. The number of carbonyl (C=O) groups excluding carboxylic acids is 2. The molecule has 1 aromatic heterocycles. The lowest BCUT2D eigenvalue weighted by Gasteiger charge is -2.47. The lowest BCUT2D eigenvalue weighted by molar-refractivity contribution is -0.135. The molecule has 1 aliphatic heterocycles. The fraction of sp³-hybridized carbons (Fsp3) is 0.414. The van der Waals surface area contributed by atoms with Crippen LogP contribution in [-0.4, -0.2) is 45.2 Å². The van der Waals surface area contributed by atoms with Crippen molar-refractivity contribution in [2.45, 2.75) is 70.1 Å². The number of nitrogens with zero attached hydrogens (tertiary/aromatic N) is 3. The molecule has 0 unspecified atom stereocenters. The van der Waals surface area contributed by atoms with Crippen LogP contribution in [0.3, 0.4) is 0 Å². The van der Waals surface area contributed by atoms with Crippen LogP contribution in [0.5, 0.6) is 5.75 Å². The minimum absolute atomic E-state index is 0.113. The minimum atomic E-state index is -1.08. The highest BCUT2D eigenvalue weighted by atomic mass is 16.5. The predicted molar refractivity (Wildman–Crippen MR) is 139 cm³/mol. The zero-order valence-electron chi connectivity index (χ0n) is 21.2. The van der Waals surface area contributed by atoms with Gasteiger partial charge in [0.2, 0.25) is 5.91 Å². The fourth-order valence-corrected chi connectivity index (χ4v) is 5.58. The lowest BCUT2D eigenvalue weighted by Crippen LogP contribution is -2.65. The van der Waals surface area contributed by atoms with E-state index >= 15 is 0 Å². The summed E-state index contributed by atoms with van der Waals surface area (Å²) in [6.45, 7) is 4.16. The van der Waals surface area contributed by atoms with Crippen LogP contribution in [0.1, 0.15) is 68.0 Å². The average molecular weight is 487 g/mol. The molecule has 1 saturated carbocycles. The molecule has 1 fully saturated rings. The third kappa shape index (κ3) is 4.38. The third-order valence-electron chi connectivity index (χ3n) is 7.69. The van der Waals surface area contributed by atoms with E-state index in [2.05, 4.69) is 5.32 Å². The van der Waals surface area contributed by atoms with Gasteiger partial charge in [0.05, 0.1) is 25.4 Å². The molecule has 188 valence electrons. The first-order valence-electron chi connectivity index (χ1n) is 12.8. The van der Waals surface area contributed by atoms with E-state index in [1.165, 1.54) is 6.42 Å². The van der Waals surface area contributed by atoms with Crippen LogP contribution in [0.4, 0.5) is 0 Å². The van der Waals surface area contributed by atoms with E-state index < -0.39 is 5.54 Å². The SMILES string of the molecule is COc1ccc(-c2cc3n(n2)C[C@@](C)(C(=O)NC2CCCCC2)N([C@@H](C)c2ccccc2)C3=O)cc1. The van der Waals surface area contributed by atoms with Gasteiger partial charge in [0.15, 0.2) is 0 Å². The Hall–Kier alpha value is -3.61. The number of methoxy groups -OCH3 is 1. The number of benzene rings is 2. The number of rotatable bonds is 6. The average Bonchev–Trinajstić information content (AvgIpc) is 3.33. The molecular formula is C29H34N4O3. The van der Waals surface area contributed by atoms with E-state index in [1.54, 1.807) is 16.7 Å². The maximum Gasteiger partial charge on any atom is 0.273 e. The van der Waals surface area contributed by atoms with Gasteiger partial charge in [-0.2, -0.15) is 5.10 Å². The van der Waals surface area contributed by atoms with Crippen molar-refractivity contribution < 1.29 is 14.3 Å². The zero-order chi connectivity index (χ0) is 25.3. The Morgan fingerprint density at radius 2 is 1.78 bits per heavy atom. The standard InChI is InChI=1S/C29H34N4O3/c1-20(21-10-6-4-7-11-21)33-27(34)26-18-25(22-14-16-24(36-3)17-15-22)31-32(26)19-29(33,2)28(35)30-23-12-8-5-9-13-23/h4,6-7,10-11,14-18,20,23H,5,8-9,12-13,19H2,1-3H3,(H,30,35)/t20-,29-/m0/s1.